The second kappa shape index (κ2) is 11.0. The van der Waals surface area contributed by atoms with Gasteiger partial charge in [-0.15, -0.1) is 0 Å². The van der Waals surface area contributed by atoms with Crippen molar-refractivity contribution in [1.82, 2.24) is 0 Å². The number of nitro groups is 1. The van der Waals surface area contributed by atoms with Crippen LogP contribution in [0, 0.1) is 24.0 Å². The Kier molecular flexibility index (Phi) is 8.00. The van der Waals surface area contributed by atoms with E-state index in [-0.39, 0.29) is 10.6 Å². The fraction of sp³-hybridized carbons (Fsp3) is 0.208. The number of rotatable bonds is 10. The van der Waals surface area contributed by atoms with Gasteiger partial charge in [0.05, 0.1) is 48.6 Å². The van der Waals surface area contributed by atoms with E-state index >= 15 is 0 Å². The van der Waals surface area contributed by atoms with Crippen LogP contribution in [0.3, 0.4) is 0 Å². The van der Waals surface area contributed by atoms with Crippen LogP contribution in [0.25, 0.3) is 0 Å². The predicted octanol–water partition coefficient (Wildman–Crippen LogP) is 4.48. The summed E-state index contributed by atoms with van der Waals surface area (Å²) in [4.78, 5) is 10.7. The fourth-order valence-electron chi connectivity index (χ4n) is 3.38. The Balaban J connectivity index is 1.90. The van der Waals surface area contributed by atoms with E-state index in [4.69, 9.17) is 14.2 Å². The molecule has 0 aliphatic heterocycles. The molecule has 0 atom stereocenters. The topological polar surface area (TPSA) is 141 Å². The zero-order valence-electron chi connectivity index (χ0n) is 20.4. The van der Waals surface area contributed by atoms with Gasteiger partial charge >= 0.3 is 0 Å². The summed E-state index contributed by atoms with van der Waals surface area (Å²) in [6.45, 7) is 3.66. The first-order chi connectivity index (χ1) is 17.1. The number of nitrogens with one attached hydrogen (secondary N) is 2. The summed E-state index contributed by atoms with van der Waals surface area (Å²) in [6.07, 6.45) is 1.37. The molecule has 0 heterocycles. The number of sulfonamides is 1. The van der Waals surface area contributed by atoms with Crippen LogP contribution < -0.4 is 24.4 Å². The van der Waals surface area contributed by atoms with Crippen molar-refractivity contribution < 1.29 is 27.6 Å². The molecule has 0 amide bonds. The minimum Gasteiger partial charge on any atom is -0.496 e. The van der Waals surface area contributed by atoms with E-state index in [0.717, 1.165) is 17.2 Å². The molecule has 0 unspecified atom stereocenters. The average Bonchev–Trinajstić information content (AvgIpc) is 2.85. The van der Waals surface area contributed by atoms with Gasteiger partial charge < -0.3 is 14.2 Å². The van der Waals surface area contributed by atoms with Crippen LogP contribution >= 0.6 is 0 Å². The third kappa shape index (κ3) is 5.84. The van der Waals surface area contributed by atoms with Crippen molar-refractivity contribution in [1.29, 1.82) is 0 Å². The van der Waals surface area contributed by atoms with Gasteiger partial charge in [0.15, 0.2) is 0 Å². The second-order valence-corrected chi connectivity index (χ2v) is 9.36. The number of methoxy groups -OCH3 is 3. The van der Waals surface area contributed by atoms with Gasteiger partial charge in [-0.2, -0.15) is 5.10 Å². The highest BCUT2D eigenvalue weighted by molar-refractivity contribution is 7.92. The zero-order chi connectivity index (χ0) is 26.5. The van der Waals surface area contributed by atoms with E-state index < -0.39 is 20.6 Å². The lowest BCUT2D eigenvalue weighted by molar-refractivity contribution is -0.384. The van der Waals surface area contributed by atoms with E-state index in [0.29, 0.717) is 28.5 Å². The highest BCUT2D eigenvalue weighted by Crippen LogP contribution is 2.33. The quantitative estimate of drug-likeness (QED) is 0.229. The summed E-state index contributed by atoms with van der Waals surface area (Å²) in [5.74, 6) is 1.33. The second-order valence-electron chi connectivity index (χ2n) is 7.68. The zero-order valence-corrected chi connectivity index (χ0v) is 21.2. The van der Waals surface area contributed by atoms with Gasteiger partial charge in [-0.1, -0.05) is 17.7 Å². The molecule has 0 radical (unpaired) electrons. The van der Waals surface area contributed by atoms with Gasteiger partial charge in [-0.25, -0.2) is 8.42 Å². The molecule has 190 valence electrons. The van der Waals surface area contributed by atoms with Gasteiger partial charge in [0.25, 0.3) is 15.7 Å². The minimum absolute atomic E-state index is 0.00633. The smallest absolute Gasteiger partial charge is 0.295 e. The van der Waals surface area contributed by atoms with Crippen molar-refractivity contribution in [3.8, 4) is 17.2 Å². The molecule has 36 heavy (non-hydrogen) atoms. The first-order valence-electron chi connectivity index (χ1n) is 10.6. The van der Waals surface area contributed by atoms with E-state index in [1.165, 1.54) is 39.7 Å². The van der Waals surface area contributed by atoms with Crippen LogP contribution in [-0.4, -0.2) is 40.9 Å². The summed E-state index contributed by atoms with van der Waals surface area (Å²) in [6, 6.07) is 12.0. The van der Waals surface area contributed by atoms with Crippen molar-refractivity contribution in [2.45, 2.75) is 18.7 Å². The normalized spacial score (nSPS) is 11.2. The average molecular weight is 515 g/mol. The third-order valence-electron chi connectivity index (χ3n) is 5.23. The molecule has 3 aromatic rings. The molecule has 11 nitrogen and oxygen atoms in total. The predicted molar refractivity (Wildman–Crippen MR) is 137 cm³/mol. The van der Waals surface area contributed by atoms with Crippen molar-refractivity contribution in [2.75, 3.05) is 31.5 Å². The standard InChI is InChI=1S/C24H26N4O7S/c1-15-6-8-20(16(2)10-15)27-36(31,32)18-7-9-21(22(13-18)28(29)30)26-25-14-19-23(34-4)11-17(33-3)12-24(19)35-5/h6-14,26-27H,1-5H3/b25-14-. The Labute approximate surface area is 208 Å². The van der Waals surface area contributed by atoms with E-state index in [1.54, 1.807) is 31.2 Å². The number of aryl methyl sites for hydroxylation is 2. The molecular weight excluding hydrogens is 488 g/mol. The lowest BCUT2D eigenvalue weighted by Gasteiger charge is -2.12. The lowest BCUT2D eigenvalue weighted by Crippen LogP contribution is -2.14. The van der Waals surface area contributed by atoms with Crippen LogP contribution in [0.15, 0.2) is 58.5 Å². The monoisotopic (exact) mass is 514 g/mol. The van der Waals surface area contributed by atoms with Gasteiger partial charge in [0, 0.05) is 18.2 Å². The Hall–Kier alpha value is -4.32. The number of nitrogens with zero attached hydrogens (tertiary/aromatic N) is 2. The summed E-state index contributed by atoms with van der Waals surface area (Å²) in [5.41, 5.74) is 4.67. The van der Waals surface area contributed by atoms with E-state index in [1.807, 2.05) is 13.0 Å². The van der Waals surface area contributed by atoms with Gasteiger partial charge in [0.1, 0.15) is 22.9 Å². The molecule has 0 bridgehead atoms. The number of hydrogen-bond acceptors (Lipinski definition) is 9. The van der Waals surface area contributed by atoms with Gasteiger partial charge in [-0.05, 0) is 37.6 Å². The summed E-state index contributed by atoms with van der Waals surface area (Å²) in [7, 11) is 0.364. The molecule has 2 N–H and O–H groups in total. The van der Waals surface area contributed by atoms with Crippen LogP contribution in [0.5, 0.6) is 17.2 Å². The molecule has 3 rings (SSSR count). The molecule has 12 heteroatoms. The van der Waals surface area contributed by atoms with Crippen LogP contribution in [0.1, 0.15) is 16.7 Å². The van der Waals surface area contributed by atoms with Gasteiger partial charge in [0.2, 0.25) is 0 Å². The summed E-state index contributed by atoms with van der Waals surface area (Å²) < 4.78 is 44.2. The number of benzene rings is 3. The molecule has 0 fully saturated rings. The van der Waals surface area contributed by atoms with E-state index in [9.17, 15) is 18.5 Å². The third-order valence-corrected chi connectivity index (χ3v) is 6.60. The molecular formula is C24H26N4O7S. The van der Waals surface area contributed by atoms with Crippen molar-refractivity contribution in [2.24, 2.45) is 5.10 Å². The van der Waals surface area contributed by atoms with Crippen LogP contribution in [0.2, 0.25) is 0 Å². The fourth-order valence-corrected chi connectivity index (χ4v) is 4.53. The van der Waals surface area contributed by atoms with Crippen LogP contribution in [0.4, 0.5) is 17.1 Å². The Morgan fingerprint density at radius 1 is 0.917 bits per heavy atom. The molecule has 0 aliphatic carbocycles. The molecule has 0 aromatic heterocycles. The molecule has 3 aromatic carbocycles. The van der Waals surface area contributed by atoms with Crippen molar-refractivity contribution in [3.63, 3.8) is 0 Å². The molecule has 0 saturated heterocycles. The number of nitro benzene ring substituents is 1. The van der Waals surface area contributed by atoms with Gasteiger partial charge in [-0.3, -0.25) is 20.3 Å². The Morgan fingerprint density at radius 3 is 2.11 bits per heavy atom. The highest BCUT2D eigenvalue weighted by atomic mass is 32.2. The number of anilines is 2. The Morgan fingerprint density at radius 2 is 1.56 bits per heavy atom. The maximum Gasteiger partial charge on any atom is 0.295 e. The molecule has 0 aliphatic rings. The molecule has 0 saturated carbocycles. The summed E-state index contributed by atoms with van der Waals surface area (Å²) >= 11 is 0. The molecule has 0 spiro atoms. The minimum atomic E-state index is -4.08. The number of hydrazone groups is 1. The van der Waals surface area contributed by atoms with Crippen molar-refractivity contribution in [3.05, 3.63) is 75.3 Å². The Bertz CT molecular complexity index is 1400. The number of hydrogen-bond donors (Lipinski definition) is 2. The maximum atomic E-state index is 12.9. The first kappa shape index (κ1) is 26.3. The highest BCUT2D eigenvalue weighted by Gasteiger charge is 2.22. The van der Waals surface area contributed by atoms with E-state index in [2.05, 4.69) is 15.2 Å². The van der Waals surface area contributed by atoms with Crippen LogP contribution in [-0.2, 0) is 10.0 Å². The summed E-state index contributed by atoms with van der Waals surface area (Å²) in [5, 5.41) is 15.8. The lowest BCUT2D eigenvalue weighted by atomic mass is 10.1. The SMILES string of the molecule is COc1cc(OC)c(/C=N\Nc2ccc(S(=O)(=O)Nc3ccc(C)cc3C)cc2[N+](=O)[O-])c(OC)c1. The van der Waals surface area contributed by atoms with Crippen molar-refractivity contribution >= 4 is 33.3 Å². The number of ether oxygens (including phenoxy) is 3. The maximum absolute atomic E-state index is 12.9. The first-order valence-corrected chi connectivity index (χ1v) is 12.1. The largest absolute Gasteiger partial charge is 0.496 e.